The van der Waals surface area contributed by atoms with Crippen LogP contribution in [0.3, 0.4) is 0 Å². The lowest BCUT2D eigenvalue weighted by molar-refractivity contribution is 0.538. The zero-order valence-corrected chi connectivity index (χ0v) is 11.1. The molecule has 1 aliphatic heterocycles. The summed E-state index contributed by atoms with van der Waals surface area (Å²) in [5.41, 5.74) is 1.23. The minimum absolute atomic E-state index is 0.505. The van der Waals surface area contributed by atoms with Crippen LogP contribution in [0.1, 0.15) is 19.8 Å². The maximum absolute atomic E-state index is 3.56. The molecule has 82 valence electrons. The van der Waals surface area contributed by atoms with Gasteiger partial charge in [-0.25, -0.2) is 0 Å². The zero-order valence-electron chi connectivity index (χ0n) is 8.96. The minimum Gasteiger partial charge on any atom is -0.381 e. The van der Waals surface area contributed by atoms with Gasteiger partial charge in [0.1, 0.15) is 0 Å². The molecule has 0 bridgehead atoms. The third kappa shape index (κ3) is 3.08. The smallest absolute Gasteiger partial charge is 0.0386 e. The molecule has 0 saturated carbocycles. The molecule has 0 amide bonds. The molecule has 2 atom stereocenters. The lowest BCUT2D eigenvalue weighted by atomic mass is 10.1. The molecule has 1 aromatic carbocycles. The van der Waals surface area contributed by atoms with E-state index in [0.717, 1.165) is 0 Å². The van der Waals surface area contributed by atoms with E-state index >= 15 is 0 Å². The highest BCUT2D eigenvalue weighted by atomic mass is 127. The van der Waals surface area contributed by atoms with Crippen LogP contribution in [-0.4, -0.2) is 18.6 Å². The molecule has 1 saturated heterocycles. The van der Waals surface area contributed by atoms with Gasteiger partial charge >= 0.3 is 0 Å². The summed E-state index contributed by atoms with van der Waals surface area (Å²) < 4.78 is 1.28. The Hall–Kier alpha value is -0.290. The van der Waals surface area contributed by atoms with Gasteiger partial charge in [0.25, 0.3) is 0 Å². The van der Waals surface area contributed by atoms with E-state index in [1.807, 2.05) is 0 Å². The third-order valence-corrected chi connectivity index (χ3v) is 3.59. The standard InChI is InChI=1S/C12H17IN2/c1-9(12-6-3-7-14-12)15-11-5-2-4-10(13)8-11/h2,4-5,8-9,12,14-15H,3,6-7H2,1H3/t9?,12-/m0/s1. The molecule has 1 unspecified atom stereocenters. The first-order valence-corrected chi connectivity index (χ1v) is 6.59. The fourth-order valence-electron chi connectivity index (χ4n) is 2.08. The third-order valence-electron chi connectivity index (χ3n) is 2.92. The summed E-state index contributed by atoms with van der Waals surface area (Å²) >= 11 is 2.34. The van der Waals surface area contributed by atoms with Gasteiger partial charge in [-0.2, -0.15) is 0 Å². The lowest BCUT2D eigenvalue weighted by Gasteiger charge is -2.22. The van der Waals surface area contributed by atoms with Gasteiger partial charge in [-0.15, -0.1) is 0 Å². The van der Waals surface area contributed by atoms with Crippen molar-refractivity contribution in [2.75, 3.05) is 11.9 Å². The quantitative estimate of drug-likeness (QED) is 0.838. The van der Waals surface area contributed by atoms with Crippen molar-refractivity contribution in [2.45, 2.75) is 31.8 Å². The fraction of sp³-hybridized carbons (Fsp3) is 0.500. The average Bonchev–Trinajstić information content (AvgIpc) is 2.70. The predicted octanol–water partition coefficient (Wildman–Crippen LogP) is 2.84. The maximum atomic E-state index is 3.56. The van der Waals surface area contributed by atoms with Crippen molar-refractivity contribution in [1.29, 1.82) is 0 Å². The molecule has 2 rings (SSSR count). The predicted molar refractivity (Wildman–Crippen MR) is 73.3 cm³/mol. The summed E-state index contributed by atoms with van der Waals surface area (Å²) in [7, 11) is 0. The van der Waals surface area contributed by atoms with Crippen LogP contribution < -0.4 is 10.6 Å². The molecule has 15 heavy (non-hydrogen) atoms. The Morgan fingerprint density at radius 2 is 2.40 bits per heavy atom. The summed E-state index contributed by atoms with van der Waals surface area (Å²) in [5.74, 6) is 0. The van der Waals surface area contributed by atoms with Crippen molar-refractivity contribution >= 4 is 28.3 Å². The summed E-state index contributed by atoms with van der Waals surface area (Å²) in [6.45, 7) is 3.42. The van der Waals surface area contributed by atoms with Crippen molar-refractivity contribution in [2.24, 2.45) is 0 Å². The summed E-state index contributed by atoms with van der Waals surface area (Å²) in [6, 6.07) is 9.66. The number of nitrogens with one attached hydrogen (secondary N) is 2. The van der Waals surface area contributed by atoms with E-state index in [-0.39, 0.29) is 0 Å². The van der Waals surface area contributed by atoms with E-state index in [0.29, 0.717) is 12.1 Å². The van der Waals surface area contributed by atoms with Crippen LogP contribution in [0, 0.1) is 3.57 Å². The first kappa shape index (κ1) is 11.2. The SMILES string of the molecule is CC(Nc1cccc(I)c1)[C@@H]1CCCN1. The molecule has 0 aliphatic carbocycles. The number of hydrogen-bond donors (Lipinski definition) is 2. The fourth-order valence-corrected chi connectivity index (χ4v) is 2.62. The van der Waals surface area contributed by atoms with E-state index < -0.39 is 0 Å². The van der Waals surface area contributed by atoms with Crippen molar-refractivity contribution < 1.29 is 0 Å². The highest BCUT2D eigenvalue weighted by Crippen LogP contribution is 2.16. The van der Waals surface area contributed by atoms with Gasteiger partial charge in [0.15, 0.2) is 0 Å². The summed E-state index contributed by atoms with van der Waals surface area (Å²) in [6.07, 6.45) is 2.60. The molecule has 1 aliphatic rings. The van der Waals surface area contributed by atoms with Gasteiger partial charge in [-0.3, -0.25) is 0 Å². The molecule has 0 spiro atoms. The number of rotatable bonds is 3. The molecule has 1 heterocycles. The number of anilines is 1. The Balaban J connectivity index is 1.95. The van der Waals surface area contributed by atoms with E-state index in [9.17, 15) is 0 Å². The van der Waals surface area contributed by atoms with Crippen LogP contribution >= 0.6 is 22.6 Å². The Morgan fingerprint density at radius 1 is 1.53 bits per heavy atom. The minimum atomic E-state index is 0.505. The van der Waals surface area contributed by atoms with Gasteiger partial charge in [0.2, 0.25) is 0 Å². The second-order valence-electron chi connectivity index (χ2n) is 4.15. The van der Waals surface area contributed by atoms with Gasteiger partial charge in [0.05, 0.1) is 0 Å². The van der Waals surface area contributed by atoms with Crippen molar-refractivity contribution in [1.82, 2.24) is 5.32 Å². The zero-order chi connectivity index (χ0) is 10.7. The lowest BCUT2D eigenvalue weighted by Crippen LogP contribution is -2.37. The second kappa shape index (κ2) is 5.16. The summed E-state index contributed by atoms with van der Waals surface area (Å²) in [5, 5.41) is 7.08. The molecular formula is C12H17IN2. The Kier molecular flexibility index (Phi) is 3.86. The first-order chi connectivity index (χ1) is 7.25. The topological polar surface area (TPSA) is 24.1 Å². The largest absolute Gasteiger partial charge is 0.381 e. The second-order valence-corrected chi connectivity index (χ2v) is 5.39. The van der Waals surface area contributed by atoms with Crippen LogP contribution in [0.5, 0.6) is 0 Å². The molecular weight excluding hydrogens is 299 g/mol. The number of benzene rings is 1. The van der Waals surface area contributed by atoms with Crippen molar-refractivity contribution in [3.63, 3.8) is 0 Å². The molecule has 2 N–H and O–H groups in total. The van der Waals surface area contributed by atoms with Crippen LogP contribution in [-0.2, 0) is 0 Å². The summed E-state index contributed by atoms with van der Waals surface area (Å²) in [4.78, 5) is 0. The molecule has 3 heteroatoms. The maximum Gasteiger partial charge on any atom is 0.0386 e. The van der Waals surface area contributed by atoms with Crippen molar-refractivity contribution in [3.8, 4) is 0 Å². The Bertz CT molecular complexity index is 321. The Morgan fingerprint density at radius 3 is 3.07 bits per heavy atom. The van der Waals surface area contributed by atoms with E-state index in [4.69, 9.17) is 0 Å². The van der Waals surface area contributed by atoms with Crippen LogP contribution in [0.15, 0.2) is 24.3 Å². The van der Waals surface area contributed by atoms with E-state index in [2.05, 4.69) is 64.4 Å². The van der Waals surface area contributed by atoms with Gasteiger partial charge in [-0.05, 0) is 67.1 Å². The normalized spacial score (nSPS) is 22.7. The first-order valence-electron chi connectivity index (χ1n) is 5.51. The van der Waals surface area contributed by atoms with Gasteiger partial charge in [-0.1, -0.05) is 6.07 Å². The monoisotopic (exact) mass is 316 g/mol. The highest BCUT2D eigenvalue weighted by Gasteiger charge is 2.20. The van der Waals surface area contributed by atoms with Gasteiger partial charge in [0, 0.05) is 21.3 Å². The van der Waals surface area contributed by atoms with Crippen LogP contribution in [0.2, 0.25) is 0 Å². The molecule has 0 radical (unpaired) electrons. The number of hydrogen-bond acceptors (Lipinski definition) is 2. The van der Waals surface area contributed by atoms with Gasteiger partial charge < -0.3 is 10.6 Å². The average molecular weight is 316 g/mol. The highest BCUT2D eigenvalue weighted by molar-refractivity contribution is 14.1. The molecule has 1 aromatic rings. The Labute approximate surface area is 105 Å². The molecule has 1 fully saturated rings. The molecule has 0 aromatic heterocycles. The van der Waals surface area contributed by atoms with Crippen LogP contribution in [0.25, 0.3) is 0 Å². The molecule has 2 nitrogen and oxygen atoms in total. The van der Waals surface area contributed by atoms with E-state index in [1.54, 1.807) is 0 Å². The number of halogens is 1. The van der Waals surface area contributed by atoms with Crippen LogP contribution in [0.4, 0.5) is 5.69 Å². The van der Waals surface area contributed by atoms with E-state index in [1.165, 1.54) is 28.6 Å². The van der Waals surface area contributed by atoms with Crippen molar-refractivity contribution in [3.05, 3.63) is 27.8 Å².